The van der Waals surface area contributed by atoms with E-state index in [2.05, 4.69) is 5.32 Å². The molecule has 0 aromatic heterocycles. The molecule has 0 saturated heterocycles. The van der Waals surface area contributed by atoms with Crippen molar-refractivity contribution in [1.82, 2.24) is 5.32 Å². The molecule has 1 unspecified atom stereocenters. The Morgan fingerprint density at radius 2 is 1.68 bits per heavy atom. The summed E-state index contributed by atoms with van der Waals surface area (Å²) in [6.07, 6.45) is -1.06. The van der Waals surface area contributed by atoms with Crippen molar-refractivity contribution in [2.75, 3.05) is 0 Å². The highest BCUT2D eigenvalue weighted by molar-refractivity contribution is 5.97. The molecule has 0 spiro atoms. The van der Waals surface area contributed by atoms with Crippen LogP contribution < -0.4 is 5.32 Å². The van der Waals surface area contributed by atoms with Gasteiger partial charge in [-0.05, 0) is 55.7 Å². The number of ketones is 1. The Kier molecular flexibility index (Phi) is 7.44. The normalized spacial score (nSPS) is 11.6. The van der Waals surface area contributed by atoms with Gasteiger partial charge in [-0.25, -0.2) is 4.39 Å². The van der Waals surface area contributed by atoms with Gasteiger partial charge in [-0.3, -0.25) is 14.4 Å². The molecule has 1 amide bonds. The largest absolute Gasteiger partial charge is 0.453 e. The lowest BCUT2D eigenvalue weighted by molar-refractivity contribution is -0.154. The molecule has 0 aliphatic carbocycles. The number of benzene rings is 2. The van der Waals surface area contributed by atoms with Gasteiger partial charge in [-0.2, -0.15) is 0 Å². The van der Waals surface area contributed by atoms with Gasteiger partial charge < -0.3 is 10.1 Å². The Labute approximate surface area is 163 Å². The second-order valence-corrected chi connectivity index (χ2v) is 6.70. The monoisotopic (exact) mass is 385 g/mol. The summed E-state index contributed by atoms with van der Waals surface area (Å²) in [7, 11) is 0. The van der Waals surface area contributed by atoms with E-state index in [4.69, 9.17) is 4.74 Å². The summed E-state index contributed by atoms with van der Waals surface area (Å²) in [5, 5.41) is 2.62. The molecule has 28 heavy (non-hydrogen) atoms. The molecule has 2 aromatic rings. The molecule has 2 rings (SSSR count). The van der Waals surface area contributed by atoms with Crippen LogP contribution in [0, 0.1) is 19.7 Å². The fourth-order valence-electron chi connectivity index (χ4n) is 2.52. The van der Waals surface area contributed by atoms with Crippen molar-refractivity contribution in [1.29, 1.82) is 0 Å². The number of nitrogens with one attached hydrogen (secondary N) is 1. The van der Waals surface area contributed by atoms with E-state index in [9.17, 15) is 18.8 Å². The molecule has 1 atom stereocenters. The number of halogens is 1. The second kappa shape index (κ2) is 9.78. The van der Waals surface area contributed by atoms with E-state index < -0.39 is 18.0 Å². The molecule has 0 fully saturated rings. The highest BCUT2D eigenvalue weighted by Crippen LogP contribution is 2.13. The summed E-state index contributed by atoms with van der Waals surface area (Å²) in [6.45, 7) is 5.55. The van der Waals surface area contributed by atoms with Crippen molar-refractivity contribution in [3.8, 4) is 0 Å². The Morgan fingerprint density at radius 3 is 2.32 bits per heavy atom. The van der Waals surface area contributed by atoms with Gasteiger partial charge in [0.25, 0.3) is 5.91 Å². The maximum atomic E-state index is 12.9. The lowest BCUT2D eigenvalue weighted by Crippen LogP contribution is -2.35. The lowest BCUT2D eigenvalue weighted by atomic mass is 10.0. The van der Waals surface area contributed by atoms with Gasteiger partial charge in [0.2, 0.25) is 0 Å². The number of carbonyl (C=O) groups is 3. The minimum Gasteiger partial charge on any atom is -0.453 e. The van der Waals surface area contributed by atoms with Crippen LogP contribution in [0.2, 0.25) is 0 Å². The SMILES string of the molecule is Cc1ccc(C(=O)CCC(=O)OC(C)C(=O)NCc2ccc(F)cc2)cc1C. The molecule has 6 heteroatoms. The molecule has 148 valence electrons. The van der Waals surface area contributed by atoms with Crippen molar-refractivity contribution in [3.63, 3.8) is 0 Å². The first kappa shape index (κ1) is 21.3. The number of esters is 1. The smallest absolute Gasteiger partial charge is 0.307 e. The van der Waals surface area contributed by atoms with E-state index >= 15 is 0 Å². The van der Waals surface area contributed by atoms with Crippen molar-refractivity contribution in [2.24, 2.45) is 0 Å². The number of hydrogen-bond donors (Lipinski definition) is 1. The number of carbonyl (C=O) groups excluding carboxylic acids is 3. The third-order valence-electron chi connectivity index (χ3n) is 4.44. The Hall–Kier alpha value is -3.02. The number of amides is 1. The van der Waals surface area contributed by atoms with Crippen molar-refractivity contribution < 1.29 is 23.5 Å². The predicted molar refractivity (Wildman–Crippen MR) is 103 cm³/mol. The number of hydrogen-bond acceptors (Lipinski definition) is 4. The zero-order valence-corrected chi connectivity index (χ0v) is 16.3. The fraction of sp³-hybridized carbons (Fsp3) is 0.318. The molecule has 1 N–H and O–H groups in total. The van der Waals surface area contributed by atoms with Crippen LogP contribution in [0.3, 0.4) is 0 Å². The summed E-state index contributed by atoms with van der Waals surface area (Å²) in [5.41, 5.74) is 3.39. The van der Waals surface area contributed by atoms with E-state index in [1.165, 1.54) is 19.1 Å². The Morgan fingerprint density at radius 1 is 1.00 bits per heavy atom. The number of Topliss-reactive ketones (excluding diaryl/α,β-unsaturated/α-hetero) is 1. The Bertz CT molecular complexity index is 861. The van der Waals surface area contributed by atoms with E-state index in [1.807, 2.05) is 19.9 Å². The third-order valence-corrected chi connectivity index (χ3v) is 4.44. The molecular formula is C22H24FNO4. The van der Waals surface area contributed by atoms with Crippen LogP contribution in [0.25, 0.3) is 0 Å². The first-order valence-corrected chi connectivity index (χ1v) is 9.08. The molecule has 0 aliphatic rings. The van der Waals surface area contributed by atoms with Crippen LogP contribution in [0.4, 0.5) is 4.39 Å². The average Bonchev–Trinajstić information content (AvgIpc) is 2.67. The van der Waals surface area contributed by atoms with Crippen molar-refractivity contribution in [3.05, 3.63) is 70.5 Å². The summed E-state index contributed by atoms with van der Waals surface area (Å²) >= 11 is 0. The molecule has 5 nitrogen and oxygen atoms in total. The van der Waals surface area contributed by atoms with Crippen molar-refractivity contribution in [2.45, 2.75) is 46.3 Å². The van der Waals surface area contributed by atoms with Crippen LogP contribution in [0.1, 0.15) is 46.8 Å². The molecule has 0 aliphatic heterocycles. The highest BCUT2D eigenvalue weighted by Gasteiger charge is 2.18. The predicted octanol–water partition coefficient (Wildman–Crippen LogP) is 3.65. The van der Waals surface area contributed by atoms with Gasteiger partial charge in [-0.15, -0.1) is 0 Å². The maximum Gasteiger partial charge on any atom is 0.307 e. The summed E-state index contributed by atoms with van der Waals surface area (Å²) in [6, 6.07) is 11.1. The van der Waals surface area contributed by atoms with Gasteiger partial charge in [0.1, 0.15) is 5.82 Å². The molecule has 0 radical (unpaired) electrons. The van der Waals surface area contributed by atoms with Gasteiger partial charge >= 0.3 is 5.97 Å². The fourth-order valence-corrected chi connectivity index (χ4v) is 2.52. The lowest BCUT2D eigenvalue weighted by Gasteiger charge is -2.13. The molecule has 0 bridgehead atoms. The quantitative estimate of drug-likeness (QED) is 0.556. The maximum absolute atomic E-state index is 12.9. The molecule has 2 aromatic carbocycles. The Balaban J connectivity index is 1.76. The van der Waals surface area contributed by atoms with Crippen LogP contribution in [0.15, 0.2) is 42.5 Å². The first-order valence-electron chi connectivity index (χ1n) is 9.08. The van der Waals surface area contributed by atoms with Crippen LogP contribution in [0.5, 0.6) is 0 Å². The van der Waals surface area contributed by atoms with E-state index in [0.29, 0.717) is 5.56 Å². The standard InChI is InChI=1S/C22H24FNO4/c1-14-4-7-18(12-15(14)2)20(25)10-11-21(26)28-16(3)22(27)24-13-17-5-8-19(23)9-6-17/h4-9,12,16H,10-11,13H2,1-3H3,(H,24,27). The van der Waals surface area contributed by atoms with Gasteiger partial charge in [0, 0.05) is 18.5 Å². The third kappa shape index (κ3) is 6.30. The van der Waals surface area contributed by atoms with Crippen LogP contribution in [-0.4, -0.2) is 23.8 Å². The van der Waals surface area contributed by atoms with E-state index in [-0.39, 0.29) is 31.0 Å². The first-order chi connectivity index (χ1) is 13.3. The summed E-state index contributed by atoms with van der Waals surface area (Å²) in [4.78, 5) is 36.2. The minimum atomic E-state index is -0.982. The highest BCUT2D eigenvalue weighted by atomic mass is 19.1. The number of aryl methyl sites for hydroxylation is 2. The van der Waals surface area contributed by atoms with Crippen LogP contribution >= 0.6 is 0 Å². The molecule has 0 heterocycles. The zero-order chi connectivity index (χ0) is 20.7. The summed E-state index contributed by atoms with van der Waals surface area (Å²) < 4.78 is 17.9. The second-order valence-electron chi connectivity index (χ2n) is 6.70. The van der Waals surface area contributed by atoms with Gasteiger partial charge in [0.05, 0.1) is 6.42 Å². The summed E-state index contributed by atoms with van der Waals surface area (Å²) in [5.74, 6) is -1.57. The van der Waals surface area contributed by atoms with Gasteiger partial charge in [-0.1, -0.05) is 24.3 Å². The zero-order valence-electron chi connectivity index (χ0n) is 16.3. The number of ether oxygens (including phenoxy) is 1. The minimum absolute atomic E-state index is 0.0191. The molecule has 0 saturated carbocycles. The number of rotatable bonds is 8. The van der Waals surface area contributed by atoms with Crippen molar-refractivity contribution >= 4 is 17.7 Å². The van der Waals surface area contributed by atoms with Crippen LogP contribution in [-0.2, 0) is 20.9 Å². The van der Waals surface area contributed by atoms with E-state index in [1.54, 1.807) is 24.3 Å². The van der Waals surface area contributed by atoms with E-state index in [0.717, 1.165) is 16.7 Å². The molecular weight excluding hydrogens is 361 g/mol. The topological polar surface area (TPSA) is 72.5 Å². The van der Waals surface area contributed by atoms with Gasteiger partial charge in [0.15, 0.2) is 11.9 Å². The average molecular weight is 385 g/mol.